The van der Waals surface area contributed by atoms with Crippen LogP contribution in [0.4, 0.5) is 0 Å². The van der Waals surface area contributed by atoms with Crippen LogP contribution in [0.3, 0.4) is 0 Å². The van der Waals surface area contributed by atoms with Crippen LogP contribution < -0.4 is 14.2 Å². The lowest BCUT2D eigenvalue weighted by molar-refractivity contribution is -0.131. The first-order valence-electron chi connectivity index (χ1n) is 4.29. The van der Waals surface area contributed by atoms with Gasteiger partial charge in [0, 0.05) is 13.0 Å². The Kier molecular flexibility index (Phi) is 4.61. The maximum absolute atomic E-state index is 11.0. The van der Waals surface area contributed by atoms with E-state index in [0.29, 0.717) is 26.2 Å². The largest absolute Gasteiger partial charge is 0.495 e. The number of methoxy groups -OCH3 is 2. The van der Waals surface area contributed by atoms with E-state index in [1.807, 2.05) is 0 Å². The van der Waals surface area contributed by atoms with Gasteiger partial charge in [-0.2, -0.15) is 0 Å². The Labute approximate surface area is 110 Å². The quantitative estimate of drug-likeness (QED) is 0.618. The van der Waals surface area contributed by atoms with Crippen molar-refractivity contribution in [1.82, 2.24) is 0 Å². The maximum Gasteiger partial charge on any atom is 0.308 e. The van der Waals surface area contributed by atoms with E-state index in [0.717, 1.165) is 0 Å². The van der Waals surface area contributed by atoms with Gasteiger partial charge in [-0.15, -0.1) is 0 Å². The average molecular weight is 354 g/mol. The van der Waals surface area contributed by atoms with Crippen LogP contribution in [-0.2, 0) is 4.79 Å². The lowest BCUT2D eigenvalue weighted by Gasteiger charge is -2.13. The van der Waals surface area contributed by atoms with E-state index in [1.54, 1.807) is 6.07 Å². The van der Waals surface area contributed by atoms with Crippen molar-refractivity contribution in [3.8, 4) is 17.2 Å². The van der Waals surface area contributed by atoms with Crippen molar-refractivity contribution in [2.45, 2.75) is 6.92 Å². The second-order valence-electron chi connectivity index (χ2n) is 2.83. The van der Waals surface area contributed by atoms with E-state index in [1.165, 1.54) is 21.1 Å². The Morgan fingerprint density at radius 1 is 1.12 bits per heavy atom. The molecule has 0 saturated carbocycles. The SMILES string of the molecule is COc1cc(OC)c(Br)c(OC(C)=O)c1Br. The third kappa shape index (κ3) is 2.68. The molecule has 0 aromatic heterocycles. The van der Waals surface area contributed by atoms with Crippen LogP contribution in [0.25, 0.3) is 0 Å². The van der Waals surface area contributed by atoms with Crippen molar-refractivity contribution in [3.05, 3.63) is 15.0 Å². The molecule has 0 radical (unpaired) electrons. The van der Waals surface area contributed by atoms with Gasteiger partial charge in [0.05, 0.1) is 14.2 Å². The summed E-state index contributed by atoms with van der Waals surface area (Å²) in [6.45, 7) is 1.32. The van der Waals surface area contributed by atoms with Crippen LogP contribution >= 0.6 is 31.9 Å². The molecule has 6 heteroatoms. The Morgan fingerprint density at radius 2 is 1.56 bits per heavy atom. The molecule has 0 bridgehead atoms. The predicted molar refractivity (Wildman–Crippen MR) is 66.3 cm³/mol. The molecule has 0 atom stereocenters. The van der Waals surface area contributed by atoms with Crippen LogP contribution in [0.15, 0.2) is 15.0 Å². The molecular weight excluding hydrogens is 344 g/mol. The van der Waals surface area contributed by atoms with Crippen molar-refractivity contribution >= 4 is 37.8 Å². The minimum Gasteiger partial charge on any atom is -0.495 e. The number of carbonyl (C=O) groups is 1. The Hall–Kier alpha value is -0.750. The topological polar surface area (TPSA) is 44.8 Å². The molecule has 1 aromatic rings. The summed E-state index contributed by atoms with van der Waals surface area (Å²) in [7, 11) is 3.04. The molecule has 0 unspecified atom stereocenters. The second-order valence-corrected chi connectivity index (χ2v) is 4.42. The summed E-state index contributed by atoms with van der Waals surface area (Å²) in [5, 5.41) is 0. The number of hydrogen-bond donors (Lipinski definition) is 0. The third-order valence-corrected chi connectivity index (χ3v) is 3.28. The summed E-state index contributed by atoms with van der Waals surface area (Å²) in [4.78, 5) is 11.0. The first kappa shape index (κ1) is 13.3. The van der Waals surface area contributed by atoms with Crippen molar-refractivity contribution in [2.75, 3.05) is 14.2 Å². The summed E-state index contributed by atoms with van der Waals surface area (Å²) in [6, 6.07) is 1.68. The molecule has 0 N–H and O–H groups in total. The van der Waals surface area contributed by atoms with E-state index >= 15 is 0 Å². The normalized spacial score (nSPS) is 9.81. The highest BCUT2D eigenvalue weighted by Crippen LogP contribution is 2.45. The maximum atomic E-state index is 11.0. The molecule has 1 rings (SSSR count). The van der Waals surface area contributed by atoms with Gasteiger partial charge in [-0.25, -0.2) is 0 Å². The molecule has 0 aliphatic rings. The van der Waals surface area contributed by atoms with E-state index in [2.05, 4.69) is 31.9 Å². The third-order valence-electron chi connectivity index (χ3n) is 1.78. The van der Waals surface area contributed by atoms with Crippen LogP contribution in [0.2, 0.25) is 0 Å². The van der Waals surface area contributed by atoms with E-state index in [-0.39, 0.29) is 0 Å². The molecule has 4 nitrogen and oxygen atoms in total. The number of benzene rings is 1. The van der Waals surface area contributed by atoms with E-state index in [4.69, 9.17) is 14.2 Å². The molecule has 1 aromatic carbocycles. The van der Waals surface area contributed by atoms with Crippen molar-refractivity contribution in [1.29, 1.82) is 0 Å². The molecular formula is C10H10Br2O4. The highest BCUT2D eigenvalue weighted by Gasteiger charge is 2.18. The predicted octanol–water partition coefficient (Wildman–Crippen LogP) is 3.15. The second kappa shape index (κ2) is 5.54. The highest BCUT2D eigenvalue weighted by atomic mass is 79.9. The number of ether oxygens (including phenoxy) is 3. The fourth-order valence-corrected chi connectivity index (χ4v) is 2.47. The van der Waals surface area contributed by atoms with Gasteiger partial charge in [-0.1, -0.05) is 0 Å². The number of esters is 1. The lowest BCUT2D eigenvalue weighted by Crippen LogP contribution is -2.04. The molecule has 0 amide bonds. The van der Waals surface area contributed by atoms with Crippen LogP contribution in [0.1, 0.15) is 6.92 Å². The first-order chi connectivity index (χ1) is 7.51. The van der Waals surface area contributed by atoms with Gasteiger partial charge in [0.1, 0.15) is 20.4 Å². The molecule has 0 aliphatic heterocycles. The monoisotopic (exact) mass is 352 g/mol. The fraction of sp³-hybridized carbons (Fsp3) is 0.300. The number of carbonyl (C=O) groups excluding carboxylic acids is 1. The lowest BCUT2D eigenvalue weighted by atomic mass is 10.3. The highest BCUT2D eigenvalue weighted by molar-refractivity contribution is 9.11. The number of hydrogen-bond acceptors (Lipinski definition) is 4. The minimum absolute atomic E-state index is 0.337. The van der Waals surface area contributed by atoms with Crippen molar-refractivity contribution in [2.24, 2.45) is 0 Å². The number of halogens is 2. The Morgan fingerprint density at radius 3 is 1.88 bits per heavy atom. The van der Waals surface area contributed by atoms with Gasteiger partial charge >= 0.3 is 5.97 Å². The van der Waals surface area contributed by atoms with Crippen molar-refractivity contribution in [3.63, 3.8) is 0 Å². The summed E-state index contributed by atoms with van der Waals surface area (Å²) in [6.07, 6.45) is 0. The van der Waals surface area contributed by atoms with Crippen LogP contribution in [0.5, 0.6) is 17.2 Å². The molecule has 88 valence electrons. The first-order valence-corrected chi connectivity index (χ1v) is 5.88. The smallest absolute Gasteiger partial charge is 0.308 e. The molecule has 0 saturated heterocycles. The summed E-state index contributed by atoms with van der Waals surface area (Å²) in [5.41, 5.74) is 0. The van der Waals surface area contributed by atoms with Gasteiger partial charge in [-0.05, 0) is 31.9 Å². The Balaban J connectivity index is 3.36. The molecule has 0 heterocycles. The molecule has 16 heavy (non-hydrogen) atoms. The average Bonchev–Trinajstić information content (AvgIpc) is 2.24. The zero-order chi connectivity index (χ0) is 12.3. The summed E-state index contributed by atoms with van der Waals surface area (Å²) < 4.78 is 16.4. The van der Waals surface area contributed by atoms with Gasteiger partial charge in [-0.3, -0.25) is 4.79 Å². The zero-order valence-corrected chi connectivity index (χ0v) is 12.1. The van der Waals surface area contributed by atoms with E-state index < -0.39 is 5.97 Å². The van der Waals surface area contributed by atoms with Crippen LogP contribution in [0, 0.1) is 0 Å². The number of rotatable bonds is 3. The van der Waals surface area contributed by atoms with Crippen LogP contribution in [-0.4, -0.2) is 20.2 Å². The molecule has 0 aliphatic carbocycles. The minimum atomic E-state index is -0.420. The summed E-state index contributed by atoms with van der Waals surface area (Å²) in [5.74, 6) is 0.966. The zero-order valence-electron chi connectivity index (χ0n) is 8.97. The molecule has 0 spiro atoms. The van der Waals surface area contributed by atoms with E-state index in [9.17, 15) is 4.79 Å². The van der Waals surface area contributed by atoms with Gasteiger partial charge in [0.2, 0.25) is 0 Å². The molecule has 0 fully saturated rings. The standard InChI is InChI=1S/C10H10Br2O4/c1-5(13)16-10-8(11)6(14-2)4-7(15-3)9(10)12/h4H,1-3H3. The fourth-order valence-electron chi connectivity index (χ4n) is 1.10. The van der Waals surface area contributed by atoms with Gasteiger partial charge < -0.3 is 14.2 Å². The Bertz CT molecular complexity index is 390. The van der Waals surface area contributed by atoms with Gasteiger partial charge in [0.25, 0.3) is 0 Å². The van der Waals surface area contributed by atoms with Gasteiger partial charge in [0.15, 0.2) is 5.75 Å². The van der Waals surface area contributed by atoms with Crippen molar-refractivity contribution < 1.29 is 19.0 Å². The summed E-state index contributed by atoms with van der Waals surface area (Å²) >= 11 is 6.59.